The van der Waals surface area contributed by atoms with Crippen LogP contribution in [0.2, 0.25) is 0 Å². The SMILES string of the molecule is c1ccc(-c2ccc(N(c3ccccc3)c3cccc(-n4c5cccc6c7nccc8ccc9ccc4c(c9c87)c65)c3)cc2)cc1. The largest absolute Gasteiger partial charge is 0.310 e. The van der Waals surface area contributed by atoms with Crippen LogP contribution in [0.1, 0.15) is 0 Å². The minimum absolute atomic E-state index is 1.08. The van der Waals surface area contributed by atoms with Gasteiger partial charge in [-0.3, -0.25) is 4.98 Å². The minimum Gasteiger partial charge on any atom is -0.310 e. The summed E-state index contributed by atoms with van der Waals surface area (Å²) in [5.74, 6) is 0. The summed E-state index contributed by atoms with van der Waals surface area (Å²) in [6, 6.07) is 56.8. The van der Waals surface area contributed by atoms with Crippen molar-refractivity contribution < 1.29 is 0 Å². The van der Waals surface area contributed by atoms with Gasteiger partial charge in [0.05, 0.1) is 16.6 Å². The second kappa shape index (κ2) is 9.65. The van der Waals surface area contributed by atoms with Gasteiger partial charge in [-0.2, -0.15) is 0 Å². The monoisotopic (exact) mass is 585 g/mol. The number of pyridine rings is 1. The highest BCUT2D eigenvalue weighted by atomic mass is 15.1. The van der Waals surface area contributed by atoms with E-state index >= 15 is 0 Å². The summed E-state index contributed by atoms with van der Waals surface area (Å²) in [7, 11) is 0. The van der Waals surface area contributed by atoms with Gasteiger partial charge in [0.25, 0.3) is 0 Å². The molecule has 0 amide bonds. The quantitative estimate of drug-likeness (QED) is 0.148. The van der Waals surface area contributed by atoms with Gasteiger partial charge in [-0.05, 0) is 82.6 Å². The van der Waals surface area contributed by atoms with Gasteiger partial charge in [0, 0.05) is 55.9 Å². The number of nitrogens with zero attached hydrogens (tertiary/aromatic N) is 3. The van der Waals surface area contributed by atoms with Gasteiger partial charge < -0.3 is 9.47 Å². The molecule has 0 spiro atoms. The summed E-state index contributed by atoms with van der Waals surface area (Å²) < 4.78 is 2.43. The second-order valence-electron chi connectivity index (χ2n) is 12.0. The summed E-state index contributed by atoms with van der Waals surface area (Å²) in [6.07, 6.45) is 1.94. The van der Waals surface area contributed by atoms with Gasteiger partial charge in [0.1, 0.15) is 0 Å². The Bertz CT molecular complexity index is 2670. The van der Waals surface area contributed by atoms with Gasteiger partial charge >= 0.3 is 0 Å². The molecule has 2 aromatic heterocycles. The van der Waals surface area contributed by atoms with Gasteiger partial charge in [-0.25, -0.2) is 0 Å². The lowest BCUT2D eigenvalue weighted by Crippen LogP contribution is -2.10. The molecular formula is C43H27N3. The van der Waals surface area contributed by atoms with Gasteiger partial charge in [-0.1, -0.05) is 97.1 Å². The van der Waals surface area contributed by atoms with E-state index < -0.39 is 0 Å². The van der Waals surface area contributed by atoms with E-state index in [1.165, 1.54) is 59.9 Å². The van der Waals surface area contributed by atoms with Gasteiger partial charge in [0.2, 0.25) is 0 Å². The van der Waals surface area contributed by atoms with Crippen LogP contribution in [0.3, 0.4) is 0 Å². The van der Waals surface area contributed by atoms with E-state index in [9.17, 15) is 0 Å². The Labute approximate surface area is 265 Å². The summed E-state index contributed by atoms with van der Waals surface area (Å²) in [5.41, 5.74) is 10.4. The van der Waals surface area contributed by atoms with E-state index in [0.29, 0.717) is 0 Å². The Balaban J connectivity index is 1.20. The van der Waals surface area contributed by atoms with Crippen LogP contribution < -0.4 is 4.90 Å². The molecule has 46 heavy (non-hydrogen) atoms. The lowest BCUT2D eigenvalue weighted by molar-refractivity contribution is 1.17. The van der Waals surface area contributed by atoms with Crippen LogP contribution in [0.5, 0.6) is 0 Å². The predicted octanol–water partition coefficient (Wildman–Crippen LogP) is 11.7. The van der Waals surface area contributed by atoms with Crippen molar-refractivity contribution in [2.45, 2.75) is 0 Å². The number of rotatable bonds is 5. The standard InChI is InChI=1S/C43H27N3/c1-3-9-28(10-4-1)29-19-22-33(23-20-29)45(32-11-5-2-6-12-32)34-13-7-14-35(27-34)46-37-16-8-15-36-41(37)42-38(46)24-21-30-17-18-31-25-26-44-43(36)40(31)39(30)42/h1-27H. The first-order chi connectivity index (χ1) is 22.8. The van der Waals surface area contributed by atoms with E-state index in [-0.39, 0.29) is 0 Å². The third kappa shape index (κ3) is 3.57. The number of hydrogen-bond donors (Lipinski definition) is 0. The maximum atomic E-state index is 4.93. The Hall–Kier alpha value is -6.19. The Kier molecular flexibility index (Phi) is 5.28. The van der Waals surface area contributed by atoms with Crippen LogP contribution in [0, 0.1) is 0 Å². The summed E-state index contributed by atoms with van der Waals surface area (Å²) in [4.78, 5) is 7.27. The van der Waals surface area contributed by atoms with Crippen molar-refractivity contribution in [2.24, 2.45) is 0 Å². The molecule has 0 fully saturated rings. The second-order valence-corrected chi connectivity index (χ2v) is 12.0. The number of para-hydroxylation sites is 1. The molecule has 0 saturated carbocycles. The van der Waals surface area contributed by atoms with Crippen molar-refractivity contribution in [1.29, 1.82) is 0 Å². The Morgan fingerprint density at radius 2 is 1.09 bits per heavy atom. The van der Waals surface area contributed by atoms with Gasteiger partial charge in [-0.15, -0.1) is 0 Å². The maximum absolute atomic E-state index is 4.93. The highest BCUT2D eigenvalue weighted by Crippen LogP contribution is 2.47. The topological polar surface area (TPSA) is 21.1 Å². The average Bonchev–Trinajstić information content (AvgIpc) is 3.47. The van der Waals surface area contributed by atoms with Crippen molar-refractivity contribution >= 4 is 71.3 Å². The van der Waals surface area contributed by atoms with Crippen LogP contribution in [0.4, 0.5) is 17.1 Å². The predicted molar refractivity (Wildman–Crippen MR) is 194 cm³/mol. The molecule has 0 saturated heterocycles. The molecule has 10 rings (SSSR count). The van der Waals surface area contributed by atoms with Crippen LogP contribution in [-0.2, 0) is 0 Å². The number of hydrogen-bond acceptors (Lipinski definition) is 2. The van der Waals surface area contributed by atoms with Crippen molar-refractivity contribution in [2.75, 3.05) is 4.90 Å². The molecule has 0 bridgehead atoms. The van der Waals surface area contributed by atoms with E-state index in [1.807, 2.05) is 6.20 Å². The molecule has 8 aromatic carbocycles. The van der Waals surface area contributed by atoms with Crippen LogP contribution >= 0.6 is 0 Å². The third-order valence-electron chi connectivity index (χ3n) is 9.51. The van der Waals surface area contributed by atoms with E-state index in [4.69, 9.17) is 4.98 Å². The molecule has 2 heterocycles. The molecule has 0 aliphatic rings. The normalized spacial score (nSPS) is 11.9. The molecule has 3 nitrogen and oxygen atoms in total. The van der Waals surface area contributed by atoms with Crippen LogP contribution in [0.25, 0.3) is 71.1 Å². The third-order valence-corrected chi connectivity index (χ3v) is 9.51. The molecule has 10 aromatic rings. The van der Waals surface area contributed by atoms with E-state index in [2.05, 4.69) is 167 Å². The summed E-state index contributed by atoms with van der Waals surface area (Å²) in [6.45, 7) is 0. The van der Waals surface area contributed by atoms with Crippen LogP contribution in [-0.4, -0.2) is 9.55 Å². The molecule has 3 heteroatoms. The Morgan fingerprint density at radius 1 is 0.435 bits per heavy atom. The molecule has 0 unspecified atom stereocenters. The first-order valence-corrected chi connectivity index (χ1v) is 15.7. The first kappa shape index (κ1) is 25.2. The lowest BCUT2D eigenvalue weighted by Gasteiger charge is -2.26. The van der Waals surface area contributed by atoms with Crippen molar-refractivity contribution in [3.63, 3.8) is 0 Å². The fourth-order valence-electron chi connectivity index (χ4n) is 7.54. The highest BCUT2D eigenvalue weighted by Gasteiger charge is 2.23. The van der Waals surface area contributed by atoms with Crippen LogP contribution in [0.15, 0.2) is 164 Å². The van der Waals surface area contributed by atoms with E-state index in [1.54, 1.807) is 0 Å². The lowest BCUT2D eigenvalue weighted by atomic mass is 9.92. The maximum Gasteiger partial charge on any atom is 0.0793 e. The number of aromatic nitrogens is 2. The minimum atomic E-state index is 1.08. The average molecular weight is 586 g/mol. The van der Waals surface area contributed by atoms with E-state index in [0.717, 1.165) is 28.3 Å². The zero-order chi connectivity index (χ0) is 30.2. The van der Waals surface area contributed by atoms with Crippen molar-refractivity contribution in [3.05, 3.63) is 164 Å². The Morgan fingerprint density at radius 3 is 1.91 bits per heavy atom. The smallest absolute Gasteiger partial charge is 0.0793 e. The van der Waals surface area contributed by atoms with Crippen molar-refractivity contribution in [3.8, 4) is 16.8 Å². The number of benzene rings is 8. The molecule has 0 radical (unpaired) electrons. The zero-order valence-corrected chi connectivity index (χ0v) is 24.9. The molecule has 0 N–H and O–H groups in total. The molecule has 0 atom stereocenters. The summed E-state index contributed by atoms with van der Waals surface area (Å²) in [5, 5.41) is 8.86. The fraction of sp³-hybridized carbons (Fsp3) is 0. The zero-order valence-electron chi connectivity index (χ0n) is 24.9. The summed E-state index contributed by atoms with van der Waals surface area (Å²) >= 11 is 0. The van der Waals surface area contributed by atoms with Gasteiger partial charge in [0.15, 0.2) is 0 Å². The number of anilines is 3. The molecule has 0 aliphatic heterocycles. The molecule has 0 aliphatic carbocycles. The number of fused-ring (bicyclic) bond motifs is 1. The van der Waals surface area contributed by atoms with Crippen molar-refractivity contribution in [1.82, 2.24) is 9.55 Å². The molecule has 214 valence electrons. The molecular weight excluding hydrogens is 558 g/mol. The first-order valence-electron chi connectivity index (χ1n) is 15.7. The fourth-order valence-corrected chi connectivity index (χ4v) is 7.54. The highest BCUT2D eigenvalue weighted by molar-refractivity contribution is 6.39.